The maximum Gasteiger partial charge on any atom is 0.383 e. The second-order valence-corrected chi connectivity index (χ2v) is 3.49. The lowest BCUT2D eigenvalue weighted by molar-refractivity contribution is -0.163. The van der Waals surface area contributed by atoms with Crippen LogP contribution in [0.2, 0.25) is 0 Å². The number of hydrogen-bond donors (Lipinski definition) is 2. The summed E-state index contributed by atoms with van der Waals surface area (Å²) in [6.45, 7) is 0. The normalized spacial score (nSPS) is 11.4. The Hall–Kier alpha value is -2.19. The molecule has 0 aliphatic rings. The lowest BCUT2D eigenvalue weighted by atomic mass is 10.2. The maximum absolute atomic E-state index is 12.6. The molecule has 0 aliphatic heterocycles. The van der Waals surface area contributed by atoms with Crippen LogP contribution in [0.25, 0.3) is 0 Å². The van der Waals surface area contributed by atoms with E-state index in [9.17, 15) is 27.2 Å². The van der Waals surface area contributed by atoms with Crippen molar-refractivity contribution < 1.29 is 32.3 Å². The third-order valence-corrected chi connectivity index (χ3v) is 1.99. The molecule has 0 radical (unpaired) electrons. The minimum atomic E-state index is -4.81. The van der Waals surface area contributed by atoms with Gasteiger partial charge in [0.15, 0.2) is 0 Å². The molecule has 9 heteroatoms. The van der Waals surface area contributed by atoms with Gasteiger partial charge >= 0.3 is 24.2 Å². The average Bonchev–Trinajstić information content (AvgIpc) is 2.30. The molecule has 1 heterocycles. The number of carbonyl (C=O) groups is 2. The molecule has 1 amide bonds. The molecule has 104 valence electrons. The number of aliphatic carboxylic acids is 1. The minimum Gasteiger partial charge on any atom is -0.481 e. The summed E-state index contributed by atoms with van der Waals surface area (Å²) >= 11 is 0. The first-order chi connectivity index (χ1) is 8.73. The first-order valence-electron chi connectivity index (χ1n) is 4.87. The summed E-state index contributed by atoms with van der Waals surface area (Å²) in [5.74, 6) is -8.11. The zero-order chi connectivity index (χ0) is 14.6. The molecule has 1 aromatic heterocycles. The number of halogens is 4. The Morgan fingerprint density at radius 3 is 2.42 bits per heavy atom. The number of alkyl halides is 4. The van der Waals surface area contributed by atoms with E-state index in [1.807, 2.05) is 0 Å². The fourth-order valence-corrected chi connectivity index (χ4v) is 1.07. The van der Waals surface area contributed by atoms with Crippen LogP contribution in [0, 0.1) is 0 Å². The van der Waals surface area contributed by atoms with Crippen LogP contribution < -0.4 is 5.32 Å². The molecule has 1 aromatic rings. The Labute approximate surface area is 104 Å². The number of rotatable bonds is 5. The first kappa shape index (κ1) is 14.9. The zero-order valence-electron chi connectivity index (χ0n) is 9.24. The molecule has 5 nitrogen and oxygen atoms in total. The molecule has 0 fully saturated rings. The fraction of sp³-hybridized carbons (Fsp3) is 0.300. The second kappa shape index (κ2) is 5.63. The highest BCUT2D eigenvalue weighted by Gasteiger charge is 2.48. The Bertz CT molecular complexity index is 476. The van der Waals surface area contributed by atoms with E-state index in [1.54, 1.807) is 5.32 Å². The summed E-state index contributed by atoms with van der Waals surface area (Å²) in [6.07, 6.45) is -3.61. The van der Waals surface area contributed by atoms with Crippen molar-refractivity contribution in [1.29, 1.82) is 0 Å². The van der Waals surface area contributed by atoms with E-state index >= 15 is 0 Å². The van der Waals surface area contributed by atoms with Crippen molar-refractivity contribution in [2.75, 3.05) is 5.32 Å². The maximum atomic E-state index is 12.6. The molecule has 0 unspecified atom stereocenters. The fourth-order valence-electron chi connectivity index (χ4n) is 1.07. The molecule has 0 atom stereocenters. The molecule has 19 heavy (non-hydrogen) atoms. The van der Waals surface area contributed by atoms with Gasteiger partial charge in [0.2, 0.25) is 0 Å². The topological polar surface area (TPSA) is 79.3 Å². The summed E-state index contributed by atoms with van der Waals surface area (Å²) in [4.78, 5) is 24.8. The van der Waals surface area contributed by atoms with Gasteiger partial charge in [0.25, 0.3) is 0 Å². The van der Waals surface area contributed by atoms with Crippen molar-refractivity contribution >= 4 is 17.6 Å². The molecule has 1 rings (SSSR count). The molecule has 0 saturated heterocycles. The number of anilines is 1. The lowest BCUT2D eigenvalue weighted by Crippen LogP contribution is -2.41. The predicted octanol–water partition coefficient (Wildman–Crippen LogP) is 1.55. The number of pyridine rings is 1. The molecule has 0 aromatic carbocycles. The van der Waals surface area contributed by atoms with Crippen molar-refractivity contribution in [2.24, 2.45) is 0 Å². The average molecular weight is 280 g/mol. The van der Waals surface area contributed by atoms with E-state index in [0.717, 1.165) is 12.3 Å². The molecule has 0 bridgehead atoms. The SMILES string of the molecule is O=C(O)Cc1ccc(NC(=O)C(F)(F)C(F)F)cn1. The van der Waals surface area contributed by atoms with Crippen LogP contribution in [0.1, 0.15) is 5.69 Å². The van der Waals surface area contributed by atoms with Gasteiger partial charge < -0.3 is 10.4 Å². The van der Waals surface area contributed by atoms with Gasteiger partial charge in [-0.2, -0.15) is 8.78 Å². The van der Waals surface area contributed by atoms with Crippen LogP contribution in [-0.4, -0.2) is 34.3 Å². The lowest BCUT2D eigenvalue weighted by Gasteiger charge is -2.14. The standard InChI is InChI=1S/C10H8F4N2O3/c11-8(12)10(13,14)9(19)16-6-2-1-5(15-4-6)3-7(17)18/h1-2,4,8H,3H2,(H,16,19)(H,17,18). The number of hydrogen-bond acceptors (Lipinski definition) is 3. The Morgan fingerprint density at radius 1 is 1.37 bits per heavy atom. The van der Waals surface area contributed by atoms with Gasteiger partial charge in [0.1, 0.15) is 0 Å². The van der Waals surface area contributed by atoms with Gasteiger partial charge in [-0.15, -0.1) is 0 Å². The van der Waals surface area contributed by atoms with Gasteiger partial charge in [-0.1, -0.05) is 0 Å². The van der Waals surface area contributed by atoms with E-state index in [-0.39, 0.29) is 17.8 Å². The van der Waals surface area contributed by atoms with Crippen molar-refractivity contribution in [3.63, 3.8) is 0 Å². The highest BCUT2D eigenvalue weighted by molar-refractivity contribution is 5.96. The minimum absolute atomic E-state index is 0.131. The van der Waals surface area contributed by atoms with Crippen LogP contribution in [0.5, 0.6) is 0 Å². The summed E-state index contributed by atoms with van der Waals surface area (Å²) in [6, 6.07) is 2.26. The van der Waals surface area contributed by atoms with Crippen molar-refractivity contribution in [1.82, 2.24) is 4.98 Å². The summed E-state index contributed by atoms with van der Waals surface area (Å²) in [5.41, 5.74) is -0.106. The monoisotopic (exact) mass is 280 g/mol. The number of nitrogens with zero attached hydrogens (tertiary/aromatic N) is 1. The number of nitrogens with one attached hydrogen (secondary N) is 1. The largest absolute Gasteiger partial charge is 0.481 e. The predicted molar refractivity (Wildman–Crippen MR) is 55.2 cm³/mol. The third kappa shape index (κ3) is 3.90. The van der Waals surface area contributed by atoms with E-state index in [4.69, 9.17) is 5.11 Å². The van der Waals surface area contributed by atoms with Crippen LogP contribution in [0.15, 0.2) is 18.3 Å². The van der Waals surface area contributed by atoms with E-state index in [1.165, 1.54) is 6.07 Å². The smallest absolute Gasteiger partial charge is 0.383 e. The van der Waals surface area contributed by atoms with Crippen molar-refractivity contribution in [3.05, 3.63) is 24.0 Å². The molecule has 0 spiro atoms. The van der Waals surface area contributed by atoms with Crippen LogP contribution >= 0.6 is 0 Å². The highest BCUT2D eigenvalue weighted by atomic mass is 19.3. The summed E-state index contributed by atoms with van der Waals surface area (Å²) in [7, 11) is 0. The zero-order valence-corrected chi connectivity index (χ0v) is 9.24. The quantitative estimate of drug-likeness (QED) is 0.802. The van der Waals surface area contributed by atoms with Gasteiger partial charge in [-0.25, -0.2) is 8.78 Å². The van der Waals surface area contributed by atoms with Crippen LogP contribution in [-0.2, 0) is 16.0 Å². The van der Waals surface area contributed by atoms with Gasteiger partial charge in [-0.05, 0) is 12.1 Å². The molecule has 0 aliphatic carbocycles. The molecular formula is C10H8F4N2O3. The second-order valence-electron chi connectivity index (χ2n) is 3.49. The van der Waals surface area contributed by atoms with E-state index < -0.39 is 24.2 Å². The van der Waals surface area contributed by atoms with Gasteiger partial charge in [0.05, 0.1) is 24.0 Å². The Morgan fingerprint density at radius 2 is 2.00 bits per heavy atom. The Kier molecular flexibility index (Phi) is 4.41. The van der Waals surface area contributed by atoms with Gasteiger partial charge in [-0.3, -0.25) is 14.6 Å². The molecule has 0 saturated carbocycles. The third-order valence-electron chi connectivity index (χ3n) is 1.99. The number of carboxylic acid groups (broad SMARTS) is 1. The van der Waals surface area contributed by atoms with Gasteiger partial charge in [0, 0.05) is 0 Å². The summed E-state index contributed by atoms with van der Waals surface area (Å²) in [5, 5.41) is 10.0. The van der Waals surface area contributed by atoms with Crippen molar-refractivity contribution in [3.8, 4) is 0 Å². The number of carbonyl (C=O) groups excluding carboxylic acids is 1. The number of amides is 1. The van der Waals surface area contributed by atoms with E-state index in [0.29, 0.717) is 0 Å². The van der Waals surface area contributed by atoms with Crippen molar-refractivity contribution in [2.45, 2.75) is 18.8 Å². The number of carboxylic acids is 1. The van der Waals surface area contributed by atoms with E-state index in [2.05, 4.69) is 4.98 Å². The first-order valence-corrected chi connectivity index (χ1v) is 4.87. The van der Waals surface area contributed by atoms with Crippen LogP contribution in [0.4, 0.5) is 23.2 Å². The molecular weight excluding hydrogens is 272 g/mol. The highest BCUT2D eigenvalue weighted by Crippen LogP contribution is 2.24. The van der Waals surface area contributed by atoms with Crippen LogP contribution in [0.3, 0.4) is 0 Å². The number of aromatic nitrogens is 1. The molecule has 2 N–H and O–H groups in total. The Balaban J connectivity index is 2.73. The summed E-state index contributed by atoms with van der Waals surface area (Å²) < 4.78 is 49.0.